The summed E-state index contributed by atoms with van der Waals surface area (Å²) in [6, 6.07) is 17.3. The Hall–Kier alpha value is -1.89. The van der Waals surface area contributed by atoms with Crippen molar-refractivity contribution >= 4 is 22.9 Å². The van der Waals surface area contributed by atoms with Gasteiger partial charge < -0.3 is 20.3 Å². The summed E-state index contributed by atoms with van der Waals surface area (Å²) in [7, 11) is 0. The van der Waals surface area contributed by atoms with Crippen LogP contribution in [0.4, 0.5) is 0 Å². The van der Waals surface area contributed by atoms with Crippen LogP contribution in [0.15, 0.2) is 60.0 Å². The largest absolute Gasteiger partial charge is 0.489 e. The van der Waals surface area contributed by atoms with Gasteiger partial charge in [-0.2, -0.15) is 0 Å². The lowest BCUT2D eigenvalue weighted by Crippen LogP contribution is -2.31. The highest BCUT2D eigenvalue weighted by Crippen LogP contribution is 2.31. The monoisotopic (exact) mass is 403 g/mol. The molecule has 0 spiro atoms. The first-order valence-corrected chi connectivity index (χ1v) is 9.96. The molecule has 3 aromatic rings. The maximum absolute atomic E-state index is 10.2. The van der Waals surface area contributed by atoms with Gasteiger partial charge in [-0.05, 0) is 40.3 Å². The van der Waals surface area contributed by atoms with Crippen LogP contribution in [0.5, 0.6) is 5.75 Å². The Bertz CT molecular complexity index is 868. The summed E-state index contributed by atoms with van der Waals surface area (Å²) >= 11 is 7.59. The molecule has 142 valence electrons. The maximum atomic E-state index is 10.2. The Kier molecular flexibility index (Phi) is 7.26. The molecule has 27 heavy (non-hydrogen) atoms. The molecule has 3 N–H and O–H groups in total. The molecule has 0 aliphatic heterocycles. The quantitative estimate of drug-likeness (QED) is 0.503. The van der Waals surface area contributed by atoms with Crippen LogP contribution in [0.25, 0.3) is 11.1 Å². The van der Waals surface area contributed by atoms with Gasteiger partial charge in [0.25, 0.3) is 0 Å². The molecule has 3 rings (SSSR count). The van der Waals surface area contributed by atoms with Gasteiger partial charge in [0, 0.05) is 18.0 Å². The predicted octanol–water partition coefficient (Wildman–Crippen LogP) is 4.09. The van der Waals surface area contributed by atoms with Gasteiger partial charge in [0.1, 0.15) is 18.5 Å². The van der Waals surface area contributed by atoms with Crippen LogP contribution in [-0.4, -0.2) is 29.5 Å². The lowest BCUT2D eigenvalue weighted by molar-refractivity contribution is 0.106. The van der Waals surface area contributed by atoms with Gasteiger partial charge in [0.2, 0.25) is 0 Å². The molecule has 0 saturated carbocycles. The Balaban J connectivity index is 1.54. The third kappa shape index (κ3) is 5.31. The zero-order valence-electron chi connectivity index (χ0n) is 14.8. The van der Waals surface area contributed by atoms with Gasteiger partial charge in [-0.1, -0.05) is 48.0 Å². The van der Waals surface area contributed by atoms with E-state index in [-0.39, 0.29) is 13.2 Å². The number of aliphatic hydroxyl groups excluding tert-OH is 2. The summed E-state index contributed by atoms with van der Waals surface area (Å²) in [4.78, 5) is 0.954. The highest BCUT2D eigenvalue weighted by Gasteiger charge is 2.11. The first-order valence-electron chi connectivity index (χ1n) is 8.70. The highest BCUT2D eigenvalue weighted by atomic mass is 35.5. The van der Waals surface area contributed by atoms with E-state index in [1.54, 1.807) is 23.5 Å². The van der Waals surface area contributed by atoms with Crippen LogP contribution < -0.4 is 10.1 Å². The summed E-state index contributed by atoms with van der Waals surface area (Å²) in [5.41, 5.74) is 3.27. The number of rotatable bonds is 9. The lowest BCUT2D eigenvalue weighted by atomic mass is 10.0. The van der Waals surface area contributed by atoms with Gasteiger partial charge in [0.15, 0.2) is 0 Å². The molecular formula is C21H22ClNO3S. The van der Waals surface area contributed by atoms with E-state index in [1.807, 2.05) is 41.8 Å². The van der Waals surface area contributed by atoms with Crippen molar-refractivity contribution in [2.45, 2.75) is 19.3 Å². The molecule has 0 fully saturated rings. The van der Waals surface area contributed by atoms with E-state index in [9.17, 15) is 10.2 Å². The van der Waals surface area contributed by atoms with Gasteiger partial charge >= 0.3 is 0 Å². The number of hydrogen-bond acceptors (Lipinski definition) is 5. The third-order valence-corrected chi connectivity index (χ3v) is 5.38. The first kappa shape index (κ1) is 19.9. The van der Waals surface area contributed by atoms with Crippen LogP contribution in [0.3, 0.4) is 0 Å². The van der Waals surface area contributed by atoms with E-state index >= 15 is 0 Å². The topological polar surface area (TPSA) is 61.7 Å². The molecule has 6 heteroatoms. The number of ether oxygens (including phenoxy) is 1. The van der Waals surface area contributed by atoms with Crippen molar-refractivity contribution in [3.05, 3.63) is 75.4 Å². The fraction of sp³-hybridized carbons (Fsp3) is 0.238. The van der Waals surface area contributed by atoms with Crippen molar-refractivity contribution in [1.82, 2.24) is 5.32 Å². The van der Waals surface area contributed by atoms with E-state index in [0.717, 1.165) is 21.6 Å². The fourth-order valence-corrected chi connectivity index (χ4v) is 3.76. The van der Waals surface area contributed by atoms with Gasteiger partial charge in [0.05, 0.1) is 11.6 Å². The van der Waals surface area contributed by atoms with Crippen molar-refractivity contribution in [3.63, 3.8) is 0 Å². The van der Waals surface area contributed by atoms with Crippen LogP contribution in [0, 0.1) is 0 Å². The number of hydrogen-bond donors (Lipinski definition) is 3. The second-order valence-electron chi connectivity index (χ2n) is 6.10. The van der Waals surface area contributed by atoms with Crippen LogP contribution >= 0.6 is 22.9 Å². The molecule has 2 aromatic carbocycles. The van der Waals surface area contributed by atoms with Crippen LogP contribution in [-0.2, 0) is 13.2 Å². The molecule has 0 aliphatic carbocycles. The minimum absolute atomic E-state index is 0.0346. The minimum atomic E-state index is -0.650. The third-order valence-electron chi connectivity index (χ3n) is 4.16. The molecule has 0 radical (unpaired) electrons. The van der Waals surface area contributed by atoms with Crippen molar-refractivity contribution in [1.29, 1.82) is 0 Å². The summed E-state index contributed by atoms with van der Waals surface area (Å²) in [5.74, 6) is 0.567. The number of halogens is 1. The normalized spacial score (nSPS) is 12.1. The van der Waals surface area contributed by atoms with E-state index in [1.165, 1.54) is 0 Å². The summed E-state index contributed by atoms with van der Waals surface area (Å²) < 4.78 is 5.57. The summed E-state index contributed by atoms with van der Waals surface area (Å²) in [6.45, 7) is 1.21. The standard InChI is InChI=1S/C21H22ClNO3S/c22-19-7-3-4-8-20(19)26-14-16(25)12-23-11-15-5-1-2-6-17(15)18-9-10-27-21(18)13-24/h1-10,16,23-25H,11-14H2. The first-order chi connectivity index (χ1) is 13.2. The average molecular weight is 404 g/mol. The van der Waals surface area contributed by atoms with Gasteiger partial charge in [-0.25, -0.2) is 0 Å². The summed E-state index contributed by atoms with van der Waals surface area (Å²) in [5, 5.41) is 25.5. The molecule has 4 nitrogen and oxygen atoms in total. The maximum Gasteiger partial charge on any atom is 0.138 e. The van der Waals surface area contributed by atoms with Crippen molar-refractivity contribution in [3.8, 4) is 16.9 Å². The SMILES string of the molecule is OCc1sccc1-c1ccccc1CNCC(O)COc1ccccc1Cl. The molecule has 0 saturated heterocycles. The number of para-hydroxylation sites is 1. The van der Waals surface area contributed by atoms with E-state index < -0.39 is 6.10 Å². The summed E-state index contributed by atoms with van der Waals surface area (Å²) in [6.07, 6.45) is -0.650. The smallest absolute Gasteiger partial charge is 0.138 e. The zero-order chi connectivity index (χ0) is 19.1. The van der Waals surface area contributed by atoms with Crippen LogP contribution in [0.1, 0.15) is 10.4 Å². The molecule has 1 unspecified atom stereocenters. The Morgan fingerprint density at radius 1 is 1.04 bits per heavy atom. The molecule has 0 amide bonds. The van der Waals surface area contributed by atoms with E-state index in [0.29, 0.717) is 23.9 Å². The van der Waals surface area contributed by atoms with E-state index in [4.69, 9.17) is 16.3 Å². The fourth-order valence-electron chi connectivity index (χ4n) is 2.82. The molecule has 1 aromatic heterocycles. The second kappa shape index (κ2) is 9.88. The zero-order valence-corrected chi connectivity index (χ0v) is 16.3. The van der Waals surface area contributed by atoms with E-state index in [2.05, 4.69) is 11.4 Å². The average Bonchev–Trinajstić information content (AvgIpc) is 3.16. The number of aliphatic hydroxyl groups is 2. The van der Waals surface area contributed by atoms with Crippen molar-refractivity contribution in [2.24, 2.45) is 0 Å². The number of benzene rings is 2. The van der Waals surface area contributed by atoms with Crippen molar-refractivity contribution < 1.29 is 14.9 Å². The molecule has 0 aliphatic rings. The Labute approximate surface area is 168 Å². The predicted molar refractivity (Wildman–Crippen MR) is 110 cm³/mol. The number of thiophene rings is 1. The molecule has 0 bridgehead atoms. The lowest BCUT2D eigenvalue weighted by Gasteiger charge is -2.15. The molecular weight excluding hydrogens is 382 g/mol. The van der Waals surface area contributed by atoms with Gasteiger partial charge in [-0.3, -0.25) is 0 Å². The highest BCUT2D eigenvalue weighted by molar-refractivity contribution is 7.10. The Morgan fingerprint density at radius 2 is 1.81 bits per heavy atom. The molecule has 1 atom stereocenters. The number of nitrogens with one attached hydrogen (secondary N) is 1. The Morgan fingerprint density at radius 3 is 2.63 bits per heavy atom. The minimum Gasteiger partial charge on any atom is -0.489 e. The van der Waals surface area contributed by atoms with Crippen LogP contribution in [0.2, 0.25) is 5.02 Å². The van der Waals surface area contributed by atoms with Crippen molar-refractivity contribution in [2.75, 3.05) is 13.2 Å². The van der Waals surface area contributed by atoms with Gasteiger partial charge in [-0.15, -0.1) is 11.3 Å². The molecule has 1 heterocycles. The second-order valence-corrected chi connectivity index (χ2v) is 7.51.